The Morgan fingerprint density at radius 1 is 1.03 bits per heavy atom. The monoisotopic (exact) mass is 430 g/mol. The van der Waals surface area contributed by atoms with Gasteiger partial charge in [0, 0.05) is 44.4 Å². The molecule has 0 saturated carbocycles. The van der Waals surface area contributed by atoms with Gasteiger partial charge in [-0.05, 0) is 19.0 Å². The Morgan fingerprint density at radius 3 is 2.66 bits per heavy atom. The van der Waals surface area contributed by atoms with E-state index in [-0.39, 0.29) is 0 Å². The van der Waals surface area contributed by atoms with Crippen LogP contribution in [0.4, 0.5) is 5.82 Å². The van der Waals surface area contributed by atoms with E-state index in [0.717, 1.165) is 66.7 Å². The van der Waals surface area contributed by atoms with E-state index in [1.54, 1.807) is 4.68 Å². The SMILES string of the molecule is Cn1c(C2CCNC2)nc2c(N3CCOCC3)nc(-n3ccc(-c4ccccc4)n3)nc21. The van der Waals surface area contributed by atoms with E-state index in [1.165, 1.54) is 0 Å². The summed E-state index contributed by atoms with van der Waals surface area (Å²) in [6.07, 6.45) is 3.01. The molecule has 9 nitrogen and oxygen atoms in total. The summed E-state index contributed by atoms with van der Waals surface area (Å²) in [6, 6.07) is 12.1. The molecule has 1 atom stereocenters. The van der Waals surface area contributed by atoms with Crippen molar-refractivity contribution < 1.29 is 4.74 Å². The first-order chi connectivity index (χ1) is 15.8. The van der Waals surface area contributed by atoms with Crippen LogP contribution in [0.3, 0.4) is 0 Å². The predicted octanol–water partition coefficient (Wildman–Crippen LogP) is 2.13. The first kappa shape index (κ1) is 19.4. The lowest BCUT2D eigenvalue weighted by molar-refractivity contribution is 0.122. The zero-order valence-corrected chi connectivity index (χ0v) is 18.1. The maximum Gasteiger partial charge on any atom is 0.254 e. The Bertz CT molecular complexity index is 1240. The molecule has 1 aromatic carbocycles. The van der Waals surface area contributed by atoms with Crippen LogP contribution in [-0.2, 0) is 11.8 Å². The molecule has 9 heteroatoms. The molecule has 2 saturated heterocycles. The fraction of sp³-hybridized carbons (Fsp3) is 0.391. The number of hydrogen-bond donors (Lipinski definition) is 1. The van der Waals surface area contributed by atoms with Crippen LogP contribution < -0.4 is 10.2 Å². The van der Waals surface area contributed by atoms with E-state index >= 15 is 0 Å². The molecule has 0 spiro atoms. The van der Waals surface area contributed by atoms with Gasteiger partial charge in [0.05, 0.1) is 18.9 Å². The van der Waals surface area contributed by atoms with Crippen molar-refractivity contribution in [2.45, 2.75) is 12.3 Å². The van der Waals surface area contributed by atoms with E-state index in [9.17, 15) is 0 Å². The molecule has 0 amide bonds. The van der Waals surface area contributed by atoms with Crippen LogP contribution >= 0.6 is 0 Å². The number of aromatic nitrogens is 6. The highest BCUT2D eigenvalue weighted by Gasteiger charge is 2.27. The number of benzene rings is 1. The van der Waals surface area contributed by atoms with Gasteiger partial charge in [0.25, 0.3) is 5.95 Å². The number of imidazole rings is 1. The Kier molecular flexibility index (Phi) is 4.84. The van der Waals surface area contributed by atoms with E-state index in [1.807, 2.05) is 30.5 Å². The number of fused-ring (bicyclic) bond motifs is 1. The summed E-state index contributed by atoms with van der Waals surface area (Å²) in [5.41, 5.74) is 3.66. The summed E-state index contributed by atoms with van der Waals surface area (Å²) in [6.45, 7) is 4.92. The van der Waals surface area contributed by atoms with Gasteiger partial charge in [-0.1, -0.05) is 30.3 Å². The Hall–Kier alpha value is -3.30. The number of ether oxygens (including phenoxy) is 1. The third-order valence-corrected chi connectivity index (χ3v) is 6.32. The largest absolute Gasteiger partial charge is 0.378 e. The van der Waals surface area contributed by atoms with Crippen LogP contribution in [0.15, 0.2) is 42.6 Å². The standard InChI is InChI=1S/C23H26N8O/c1-29-20(17-7-9-24-15-17)25-19-21(29)26-23(27-22(19)30-11-13-32-14-12-30)31-10-8-18(28-31)16-5-3-2-4-6-16/h2-6,8,10,17,24H,7,9,11-15H2,1H3. The normalized spacial score (nSPS) is 19.2. The molecule has 6 rings (SSSR count). The van der Waals surface area contributed by atoms with Gasteiger partial charge in [-0.3, -0.25) is 0 Å². The first-order valence-corrected chi connectivity index (χ1v) is 11.2. The molecule has 0 aliphatic carbocycles. The summed E-state index contributed by atoms with van der Waals surface area (Å²) in [4.78, 5) is 17.2. The molecule has 1 N–H and O–H groups in total. The lowest BCUT2D eigenvalue weighted by atomic mass is 10.1. The topological polar surface area (TPSA) is 85.9 Å². The molecule has 4 aromatic rings. The molecule has 5 heterocycles. The van der Waals surface area contributed by atoms with Crippen molar-refractivity contribution >= 4 is 17.0 Å². The average Bonchev–Trinajstić information content (AvgIpc) is 3.61. The van der Waals surface area contributed by atoms with Crippen LogP contribution in [0.2, 0.25) is 0 Å². The van der Waals surface area contributed by atoms with Crippen LogP contribution in [0.25, 0.3) is 28.4 Å². The number of morpholine rings is 1. The molecule has 0 radical (unpaired) electrons. The van der Waals surface area contributed by atoms with E-state index in [0.29, 0.717) is 25.1 Å². The lowest BCUT2D eigenvalue weighted by Gasteiger charge is -2.28. The van der Waals surface area contributed by atoms with Crippen molar-refractivity contribution in [1.29, 1.82) is 0 Å². The molecule has 3 aromatic heterocycles. The van der Waals surface area contributed by atoms with E-state index in [2.05, 4.69) is 34.0 Å². The smallest absolute Gasteiger partial charge is 0.254 e. The van der Waals surface area contributed by atoms with Crippen molar-refractivity contribution in [3.63, 3.8) is 0 Å². The van der Waals surface area contributed by atoms with Crippen LogP contribution in [0, 0.1) is 0 Å². The fourth-order valence-corrected chi connectivity index (χ4v) is 4.59. The number of anilines is 1. The zero-order chi connectivity index (χ0) is 21.5. The van der Waals surface area contributed by atoms with Crippen molar-refractivity contribution in [2.75, 3.05) is 44.3 Å². The molecule has 32 heavy (non-hydrogen) atoms. The second-order valence-corrected chi connectivity index (χ2v) is 8.35. The summed E-state index contributed by atoms with van der Waals surface area (Å²) in [5, 5.41) is 8.21. The van der Waals surface area contributed by atoms with Crippen molar-refractivity contribution in [3.8, 4) is 17.2 Å². The minimum absolute atomic E-state index is 0.393. The summed E-state index contributed by atoms with van der Waals surface area (Å²) < 4.78 is 9.46. The van der Waals surface area contributed by atoms with Gasteiger partial charge in [-0.25, -0.2) is 9.67 Å². The maximum atomic E-state index is 5.57. The summed E-state index contributed by atoms with van der Waals surface area (Å²) in [5.74, 6) is 2.87. The average molecular weight is 431 g/mol. The number of hydrogen-bond acceptors (Lipinski definition) is 7. The molecular formula is C23H26N8O. The minimum atomic E-state index is 0.393. The Labute approximate surface area is 186 Å². The zero-order valence-electron chi connectivity index (χ0n) is 18.1. The Morgan fingerprint density at radius 2 is 1.88 bits per heavy atom. The van der Waals surface area contributed by atoms with Gasteiger partial charge in [-0.2, -0.15) is 15.1 Å². The first-order valence-electron chi connectivity index (χ1n) is 11.2. The van der Waals surface area contributed by atoms with Gasteiger partial charge in [-0.15, -0.1) is 0 Å². The lowest BCUT2D eigenvalue weighted by Crippen LogP contribution is -2.37. The van der Waals surface area contributed by atoms with E-state index in [4.69, 9.17) is 24.8 Å². The molecule has 164 valence electrons. The van der Waals surface area contributed by atoms with E-state index < -0.39 is 0 Å². The molecule has 2 aliphatic heterocycles. The third kappa shape index (κ3) is 3.34. The van der Waals surface area contributed by atoms with Crippen molar-refractivity contribution in [3.05, 3.63) is 48.4 Å². The van der Waals surface area contributed by atoms with Crippen molar-refractivity contribution in [2.24, 2.45) is 7.05 Å². The second-order valence-electron chi connectivity index (χ2n) is 8.35. The number of aryl methyl sites for hydroxylation is 1. The number of nitrogens with one attached hydrogen (secondary N) is 1. The van der Waals surface area contributed by atoms with Crippen LogP contribution in [-0.4, -0.2) is 68.7 Å². The highest BCUT2D eigenvalue weighted by atomic mass is 16.5. The van der Waals surface area contributed by atoms with Gasteiger partial charge in [0.15, 0.2) is 17.0 Å². The molecular weight excluding hydrogens is 404 g/mol. The molecule has 1 unspecified atom stereocenters. The maximum absolute atomic E-state index is 5.57. The van der Waals surface area contributed by atoms with Gasteiger partial charge in [0.2, 0.25) is 0 Å². The van der Waals surface area contributed by atoms with Crippen LogP contribution in [0.5, 0.6) is 0 Å². The molecule has 2 fully saturated rings. The highest BCUT2D eigenvalue weighted by Crippen LogP contribution is 2.30. The summed E-state index contributed by atoms with van der Waals surface area (Å²) in [7, 11) is 2.06. The van der Waals surface area contributed by atoms with Gasteiger partial charge < -0.3 is 19.5 Å². The quantitative estimate of drug-likeness (QED) is 0.531. The second kappa shape index (κ2) is 7.99. The van der Waals surface area contributed by atoms with Crippen molar-refractivity contribution in [1.82, 2.24) is 34.6 Å². The predicted molar refractivity (Wildman–Crippen MR) is 122 cm³/mol. The van der Waals surface area contributed by atoms with Gasteiger partial charge in [0.1, 0.15) is 5.82 Å². The third-order valence-electron chi connectivity index (χ3n) is 6.32. The number of nitrogens with zero attached hydrogens (tertiary/aromatic N) is 7. The highest BCUT2D eigenvalue weighted by molar-refractivity contribution is 5.85. The fourth-order valence-electron chi connectivity index (χ4n) is 4.59. The molecule has 0 bridgehead atoms. The summed E-state index contributed by atoms with van der Waals surface area (Å²) >= 11 is 0. The molecule has 2 aliphatic rings. The minimum Gasteiger partial charge on any atom is -0.378 e. The Balaban J connectivity index is 1.48. The number of rotatable bonds is 4. The van der Waals surface area contributed by atoms with Gasteiger partial charge >= 0.3 is 0 Å². The van der Waals surface area contributed by atoms with Crippen LogP contribution in [0.1, 0.15) is 18.2 Å².